The molecule has 1 saturated carbocycles. The number of carbonyl (C=O) groups is 1. The normalized spacial score (nSPS) is 19.7. The van der Waals surface area contributed by atoms with Crippen molar-refractivity contribution in [2.75, 3.05) is 59.5 Å². The highest BCUT2D eigenvalue weighted by Crippen LogP contribution is 2.28. The van der Waals surface area contributed by atoms with Crippen LogP contribution in [-0.2, 0) is 9.53 Å². The molecule has 2 fully saturated rings. The maximum atomic E-state index is 11.8. The molecular weight excluding hydrogens is 306 g/mol. The van der Waals surface area contributed by atoms with E-state index in [-0.39, 0.29) is 11.9 Å². The summed E-state index contributed by atoms with van der Waals surface area (Å²) in [4.78, 5) is 20.6. The van der Waals surface area contributed by atoms with Gasteiger partial charge in [-0.3, -0.25) is 14.7 Å². The van der Waals surface area contributed by atoms with Crippen molar-refractivity contribution < 1.29 is 9.53 Å². The Morgan fingerprint density at radius 1 is 1.25 bits per heavy atom. The van der Waals surface area contributed by atoms with Gasteiger partial charge in [0.1, 0.15) is 0 Å². The quantitative estimate of drug-likeness (QED) is 0.374. The summed E-state index contributed by atoms with van der Waals surface area (Å²) in [7, 11) is 1.82. The van der Waals surface area contributed by atoms with Gasteiger partial charge in [0.05, 0.1) is 13.2 Å². The number of aliphatic imine (C=N–C) groups is 1. The Kier molecular flexibility index (Phi) is 7.78. The van der Waals surface area contributed by atoms with E-state index in [1.165, 1.54) is 12.8 Å². The standard InChI is InChI=1S/C17H33N5O2/c1-14(2)20-16(23)12-21-7-9-22(10-8-21)17(18-3)19-6-11-24-13-15-4-5-15/h14-15H,4-13H2,1-3H3,(H,18,19)(H,20,23). The predicted octanol–water partition coefficient (Wildman–Crippen LogP) is 0.131. The number of ether oxygens (including phenoxy) is 1. The number of carbonyl (C=O) groups excluding carboxylic acids is 1. The molecule has 1 heterocycles. The minimum absolute atomic E-state index is 0.105. The number of rotatable bonds is 8. The Hall–Kier alpha value is -1.34. The van der Waals surface area contributed by atoms with Crippen molar-refractivity contribution in [3.63, 3.8) is 0 Å². The summed E-state index contributed by atoms with van der Waals surface area (Å²) in [6.07, 6.45) is 2.66. The number of amides is 1. The first-order chi connectivity index (χ1) is 11.6. The van der Waals surface area contributed by atoms with Gasteiger partial charge >= 0.3 is 0 Å². The van der Waals surface area contributed by atoms with E-state index in [0.717, 1.165) is 57.8 Å². The first kappa shape index (κ1) is 19.0. The van der Waals surface area contributed by atoms with E-state index >= 15 is 0 Å². The third kappa shape index (κ3) is 7.05. The molecule has 24 heavy (non-hydrogen) atoms. The maximum Gasteiger partial charge on any atom is 0.234 e. The van der Waals surface area contributed by atoms with Gasteiger partial charge in [0.2, 0.25) is 5.91 Å². The van der Waals surface area contributed by atoms with Crippen LogP contribution in [-0.4, -0.2) is 87.2 Å². The smallest absolute Gasteiger partial charge is 0.234 e. The highest BCUT2D eigenvalue weighted by Gasteiger charge is 2.22. The Morgan fingerprint density at radius 2 is 1.96 bits per heavy atom. The zero-order valence-corrected chi connectivity index (χ0v) is 15.4. The van der Waals surface area contributed by atoms with Crippen molar-refractivity contribution in [1.82, 2.24) is 20.4 Å². The molecule has 0 bridgehead atoms. The van der Waals surface area contributed by atoms with Gasteiger partial charge in [0.25, 0.3) is 0 Å². The zero-order chi connectivity index (χ0) is 17.4. The lowest BCUT2D eigenvalue weighted by Crippen LogP contribution is -2.54. The van der Waals surface area contributed by atoms with Gasteiger partial charge < -0.3 is 20.3 Å². The molecular formula is C17H33N5O2. The maximum absolute atomic E-state index is 11.8. The molecule has 2 aliphatic rings. The Balaban J connectivity index is 1.60. The fourth-order valence-electron chi connectivity index (χ4n) is 2.79. The van der Waals surface area contributed by atoms with Crippen LogP contribution in [0.15, 0.2) is 4.99 Å². The first-order valence-electron chi connectivity index (χ1n) is 9.13. The van der Waals surface area contributed by atoms with Crippen LogP contribution in [0.4, 0.5) is 0 Å². The molecule has 7 heteroatoms. The molecule has 1 amide bonds. The lowest BCUT2D eigenvalue weighted by Gasteiger charge is -2.36. The van der Waals surface area contributed by atoms with E-state index in [9.17, 15) is 4.79 Å². The van der Waals surface area contributed by atoms with Crippen LogP contribution >= 0.6 is 0 Å². The molecule has 0 spiro atoms. The van der Waals surface area contributed by atoms with Crippen LogP contribution in [0.1, 0.15) is 26.7 Å². The van der Waals surface area contributed by atoms with E-state index in [1.807, 2.05) is 20.9 Å². The van der Waals surface area contributed by atoms with E-state index in [2.05, 4.69) is 25.4 Å². The fourth-order valence-corrected chi connectivity index (χ4v) is 2.79. The summed E-state index contributed by atoms with van der Waals surface area (Å²) >= 11 is 0. The Labute approximate surface area is 145 Å². The fraction of sp³-hybridized carbons (Fsp3) is 0.882. The van der Waals surface area contributed by atoms with Crippen LogP contribution in [0.3, 0.4) is 0 Å². The number of piperazine rings is 1. The molecule has 1 saturated heterocycles. The second-order valence-electron chi connectivity index (χ2n) is 6.98. The minimum Gasteiger partial charge on any atom is -0.379 e. The van der Waals surface area contributed by atoms with Gasteiger partial charge in [-0.25, -0.2) is 0 Å². The van der Waals surface area contributed by atoms with Gasteiger partial charge in [-0.2, -0.15) is 0 Å². The third-order valence-electron chi connectivity index (χ3n) is 4.28. The van der Waals surface area contributed by atoms with Crippen molar-refractivity contribution in [3.8, 4) is 0 Å². The summed E-state index contributed by atoms with van der Waals surface area (Å²) in [6, 6.07) is 0.198. The van der Waals surface area contributed by atoms with Gasteiger partial charge in [-0.15, -0.1) is 0 Å². The first-order valence-corrected chi connectivity index (χ1v) is 9.13. The average molecular weight is 339 g/mol. The lowest BCUT2D eigenvalue weighted by atomic mass is 10.3. The number of nitrogens with zero attached hydrogens (tertiary/aromatic N) is 3. The number of hydrogen-bond acceptors (Lipinski definition) is 4. The van der Waals surface area contributed by atoms with Crippen molar-refractivity contribution in [1.29, 1.82) is 0 Å². The lowest BCUT2D eigenvalue weighted by molar-refractivity contribution is -0.123. The van der Waals surface area contributed by atoms with E-state index in [4.69, 9.17) is 4.74 Å². The highest BCUT2D eigenvalue weighted by molar-refractivity contribution is 5.80. The zero-order valence-electron chi connectivity index (χ0n) is 15.4. The molecule has 0 aromatic heterocycles. The van der Waals surface area contributed by atoms with Gasteiger partial charge in [-0.1, -0.05) is 0 Å². The van der Waals surface area contributed by atoms with Crippen molar-refractivity contribution in [3.05, 3.63) is 0 Å². The van der Waals surface area contributed by atoms with Crippen LogP contribution in [0, 0.1) is 5.92 Å². The van der Waals surface area contributed by atoms with Crippen molar-refractivity contribution >= 4 is 11.9 Å². The van der Waals surface area contributed by atoms with E-state index < -0.39 is 0 Å². The van der Waals surface area contributed by atoms with Crippen LogP contribution in [0.2, 0.25) is 0 Å². The summed E-state index contributed by atoms with van der Waals surface area (Å²) in [5.74, 6) is 1.84. The van der Waals surface area contributed by atoms with Crippen LogP contribution in [0.25, 0.3) is 0 Å². The molecule has 7 nitrogen and oxygen atoms in total. The van der Waals surface area contributed by atoms with Crippen molar-refractivity contribution in [2.24, 2.45) is 10.9 Å². The van der Waals surface area contributed by atoms with E-state index in [1.54, 1.807) is 0 Å². The summed E-state index contributed by atoms with van der Waals surface area (Å²) in [6.45, 7) is 10.4. The molecule has 2 rings (SSSR count). The van der Waals surface area contributed by atoms with Gasteiger partial charge in [0, 0.05) is 52.4 Å². The third-order valence-corrected chi connectivity index (χ3v) is 4.28. The largest absolute Gasteiger partial charge is 0.379 e. The summed E-state index contributed by atoms with van der Waals surface area (Å²) in [5.41, 5.74) is 0. The molecule has 0 aromatic carbocycles. The molecule has 1 aliphatic heterocycles. The number of hydrogen-bond donors (Lipinski definition) is 2. The van der Waals surface area contributed by atoms with Crippen molar-refractivity contribution in [2.45, 2.75) is 32.7 Å². The average Bonchev–Trinajstić information content (AvgIpc) is 3.35. The molecule has 2 N–H and O–H groups in total. The number of nitrogens with one attached hydrogen (secondary N) is 2. The minimum atomic E-state index is 0.105. The monoisotopic (exact) mass is 339 g/mol. The second-order valence-corrected chi connectivity index (χ2v) is 6.98. The van der Waals surface area contributed by atoms with E-state index in [0.29, 0.717) is 6.54 Å². The molecule has 1 aliphatic carbocycles. The highest BCUT2D eigenvalue weighted by atomic mass is 16.5. The summed E-state index contributed by atoms with van der Waals surface area (Å²) in [5, 5.41) is 6.31. The second kappa shape index (κ2) is 9.84. The van der Waals surface area contributed by atoms with Crippen LogP contribution in [0.5, 0.6) is 0 Å². The van der Waals surface area contributed by atoms with Gasteiger partial charge in [0.15, 0.2) is 5.96 Å². The molecule has 0 radical (unpaired) electrons. The SMILES string of the molecule is CN=C(NCCOCC1CC1)N1CCN(CC(=O)NC(C)C)CC1. The Bertz CT molecular complexity index is 415. The molecule has 0 atom stereocenters. The predicted molar refractivity (Wildman–Crippen MR) is 96.2 cm³/mol. The molecule has 0 unspecified atom stereocenters. The summed E-state index contributed by atoms with van der Waals surface area (Å²) < 4.78 is 5.64. The van der Waals surface area contributed by atoms with Gasteiger partial charge in [-0.05, 0) is 32.6 Å². The number of guanidine groups is 1. The molecule has 138 valence electrons. The molecule has 0 aromatic rings. The van der Waals surface area contributed by atoms with Crippen LogP contribution < -0.4 is 10.6 Å². The Morgan fingerprint density at radius 3 is 2.54 bits per heavy atom. The topological polar surface area (TPSA) is 69.2 Å².